The molecule has 0 spiro atoms. The minimum absolute atomic E-state index is 0.0771. The Kier molecular flexibility index (Phi) is 8.18. The van der Waals surface area contributed by atoms with Gasteiger partial charge in [-0.05, 0) is 19.3 Å². The average molecular weight is 461 g/mol. The number of hydrogen-bond donors (Lipinski definition) is 1. The molecule has 2 unspecified atom stereocenters. The Balaban J connectivity index is 1.94. The maximum absolute atomic E-state index is 12.5. The SMILES string of the molecule is CCCNC(=O)C(CI)CC(CCN1C=CN(C)C1)N1C=CN(C)C1. The summed E-state index contributed by atoms with van der Waals surface area (Å²) < 4.78 is 0.865. The van der Waals surface area contributed by atoms with Crippen molar-refractivity contribution in [3.8, 4) is 0 Å². The van der Waals surface area contributed by atoms with Crippen LogP contribution in [0.25, 0.3) is 0 Å². The van der Waals surface area contributed by atoms with Crippen LogP contribution in [0.3, 0.4) is 0 Å². The topological polar surface area (TPSA) is 42.1 Å². The molecule has 0 bridgehead atoms. The number of rotatable bonds is 10. The second kappa shape index (κ2) is 10.1. The zero-order chi connectivity index (χ0) is 18.2. The van der Waals surface area contributed by atoms with Crippen LogP contribution in [0.2, 0.25) is 0 Å². The van der Waals surface area contributed by atoms with Crippen LogP contribution >= 0.6 is 22.6 Å². The first-order chi connectivity index (χ1) is 12.0. The molecule has 0 radical (unpaired) electrons. The van der Waals surface area contributed by atoms with Crippen LogP contribution in [-0.4, -0.2) is 76.5 Å². The molecule has 2 rings (SSSR count). The Morgan fingerprint density at radius 3 is 2.44 bits per heavy atom. The fraction of sp³-hybridized carbons (Fsp3) is 0.722. The Hall–Kier alpha value is -1.12. The van der Waals surface area contributed by atoms with Gasteiger partial charge in [-0.15, -0.1) is 0 Å². The lowest BCUT2D eigenvalue weighted by atomic mass is 9.97. The average Bonchev–Trinajstić information content (AvgIpc) is 3.21. The van der Waals surface area contributed by atoms with E-state index in [-0.39, 0.29) is 11.8 Å². The van der Waals surface area contributed by atoms with E-state index in [0.29, 0.717) is 6.04 Å². The molecule has 1 amide bonds. The van der Waals surface area contributed by atoms with E-state index in [9.17, 15) is 4.79 Å². The van der Waals surface area contributed by atoms with Crippen molar-refractivity contribution in [2.75, 3.05) is 44.9 Å². The van der Waals surface area contributed by atoms with Gasteiger partial charge in [0.1, 0.15) is 0 Å². The first-order valence-corrected chi connectivity index (χ1v) is 10.7. The van der Waals surface area contributed by atoms with Gasteiger partial charge in [0.15, 0.2) is 0 Å². The van der Waals surface area contributed by atoms with Gasteiger partial charge < -0.3 is 24.9 Å². The van der Waals surface area contributed by atoms with Gasteiger partial charge in [-0.2, -0.15) is 0 Å². The first-order valence-electron chi connectivity index (χ1n) is 9.14. The molecule has 0 aliphatic carbocycles. The van der Waals surface area contributed by atoms with Crippen LogP contribution in [0, 0.1) is 5.92 Å². The molecular weight excluding hydrogens is 429 g/mol. The minimum atomic E-state index is 0.0771. The van der Waals surface area contributed by atoms with Gasteiger partial charge in [0, 0.05) is 68.4 Å². The summed E-state index contributed by atoms with van der Waals surface area (Å²) in [7, 11) is 4.19. The number of halogens is 1. The summed E-state index contributed by atoms with van der Waals surface area (Å²) >= 11 is 2.35. The minimum Gasteiger partial charge on any atom is -0.362 e. The molecule has 0 aromatic rings. The van der Waals surface area contributed by atoms with Crippen molar-refractivity contribution >= 4 is 28.5 Å². The highest BCUT2D eigenvalue weighted by molar-refractivity contribution is 14.1. The lowest BCUT2D eigenvalue weighted by Crippen LogP contribution is -2.41. The molecule has 7 heteroatoms. The summed E-state index contributed by atoms with van der Waals surface area (Å²) in [6.45, 7) is 5.74. The molecule has 2 aliphatic heterocycles. The highest BCUT2D eigenvalue weighted by atomic mass is 127. The molecule has 0 aromatic heterocycles. The largest absolute Gasteiger partial charge is 0.362 e. The summed E-state index contributed by atoms with van der Waals surface area (Å²) in [6, 6.07) is 0.382. The number of alkyl halides is 1. The highest BCUT2D eigenvalue weighted by Crippen LogP contribution is 2.22. The van der Waals surface area contributed by atoms with Crippen molar-refractivity contribution in [3.63, 3.8) is 0 Å². The summed E-state index contributed by atoms with van der Waals surface area (Å²) in [5.74, 6) is 0.284. The predicted molar refractivity (Wildman–Crippen MR) is 111 cm³/mol. The van der Waals surface area contributed by atoms with E-state index >= 15 is 0 Å². The first kappa shape index (κ1) is 20.2. The van der Waals surface area contributed by atoms with Crippen LogP contribution < -0.4 is 5.32 Å². The van der Waals surface area contributed by atoms with Crippen LogP contribution in [0.1, 0.15) is 26.2 Å². The van der Waals surface area contributed by atoms with Crippen LogP contribution in [0.15, 0.2) is 24.8 Å². The Morgan fingerprint density at radius 2 is 1.88 bits per heavy atom. The molecule has 6 nitrogen and oxygen atoms in total. The molecule has 2 aliphatic rings. The smallest absolute Gasteiger partial charge is 0.223 e. The lowest BCUT2D eigenvalue weighted by molar-refractivity contribution is -0.124. The molecule has 0 saturated carbocycles. The molecule has 25 heavy (non-hydrogen) atoms. The normalized spacial score (nSPS) is 19.0. The van der Waals surface area contributed by atoms with Gasteiger partial charge in [0.05, 0.1) is 13.3 Å². The Morgan fingerprint density at radius 1 is 1.16 bits per heavy atom. The Bertz CT molecular complexity index is 484. The molecule has 0 fully saturated rings. The highest BCUT2D eigenvalue weighted by Gasteiger charge is 2.27. The maximum atomic E-state index is 12.5. The van der Waals surface area contributed by atoms with E-state index in [0.717, 1.165) is 50.1 Å². The van der Waals surface area contributed by atoms with E-state index in [2.05, 4.69) is 93.3 Å². The second-order valence-corrected chi connectivity index (χ2v) is 7.92. The number of hydrogen-bond acceptors (Lipinski definition) is 5. The van der Waals surface area contributed by atoms with Gasteiger partial charge in [0.2, 0.25) is 5.91 Å². The molecule has 0 saturated heterocycles. The third-order valence-electron chi connectivity index (χ3n) is 4.72. The van der Waals surface area contributed by atoms with Gasteiger partial charge in [-0.1, -0.05) is 29.5 Å². The summed E-state index contributed by atoms with van der Waals surface area (Å²) in [6.07, 6.45) is 11.5. The van der Waals surface area contributed by atoms with Crippen molar-refractivity contribution in [1.82, 2.24) is 24.9 Å². The number of carbonyl (C=O) groups excluding carboxylic acids is 1. The molecular formula is C18H32IN5O. The van der Waals surface area contributed by atoms with E-state index in [1.807, 2.05) is 0 Å². The number of carbonyl (C=O) groups is 1. The summed E-state index contributed by atoms with van der Waals surface area (Å²) in [5.41, 5.74) is 0. The van der Waals surface area contributed by atoms with Crippen molar-refractivity contribution in [2.24, 2.45) is 5.92 Å². The lowest BCUT2D eigenvalue weighted by Gasteiger charge is -2.32. The fourth-order valence-corrected chi connectivity index (χ4v) is 3.98. The van der Waals surface area contributed by atoms with Gasteiger partial charge in [-0.3, -0.25) is 4.79 Å². The van der Waals surface area contributed by atoms with E-state index < -0.39 is 0 Å². The summed E-state index contributed by atoms with van der Waals surface area (Å²) in [5, 5.41) is 3.07. The van der Waals surface area contributed by atoms with Crippen molar-refractivity contribution in [3.05, 3.63) is 24.8 Å². The standard InChI is InChI=1S/C18H32IN5O/c1-4-6-20-18(25)16(13-19)12-17(24-11-9-22(3)15-24)5-7-23-10-8-21(2)14-23/h8-11,16-17H,4-7,12-15H2,1-3H3,(H,20,25). The van der Waals surface area contributed by atoms with Crippen LogP contribution in [-0.2, 0) is 4.79 Å². The van der Waals surface area contributed by atoms with Crippen LogP contribution in [0.5, 0.6) is 0 Å². The van der Waals surface area contributed by atoms with Crippen molar-refractivity contribution in [1.29, 1.82) is 0 Å². The third kappa shape index (κ3) is 6.27. The van der Waals surface area contributed by atoms with E-state index in [1.165, 1.54) is 0 Å². The Labute approximate surface area is 166 Å². The van der Waals surface area contributed by atoms with Crippen LogP contribution in [0.4, 0.5) is 0 Å². The fourth-order valence-electron chi connectivity index (χ4n) is 3.22. The number of nitrogens with zero attached hydrogens (tertiary/aromatic N) is 4. The van der Waals surface area contributed by atoms with Gasteiger partial charge >= 0.3 is 0 Å². The zero-order valence-electron chi connectivity index (χ0n) is 15.7. The zero-order valence-corrected chi connectivity index (χ0v) is 17.9. The quantitative estimate of drug-likeness (QED) is 0.399. The van der Waals surface area contributed by atoms with Crippen molar-refractivity contribution in [2.45, 2.75) is 32.2 Å². The van der Waals surface area contributed by atoms with E-state index in [1.54, 1.807) is 0 Å². The van der Waals surface area contributed by atoms with Gasteiger partial charge in [-0.25, -0.2) is 0 Å². The number of amides is 1. The molecule has 142 valence electrons. The monoisotopic (exact) mass is 461 g/mol. The van der Waals surface area contributed by atoms with Gasteiger partial charge in [0.25, 0.3) is 0 Å². The third-order valence-corrected chi connectivity index (χ3v) is 5.78. The number of nitrogens with one attached hydrogen (secondary N) is 1. The predicted octanol–water partition coefficient (Wildman–Crippen LogP) is 2.06. The van der Waals surface area contributed by atoms with Crippen molar-refractivity contribution < 1.29 is 4.79 Å². The molecule has 1 N–H and O–H groups in total. The van der Waals surface area contributed by atoms with E-state index in [4.69, 9.17) is 0 Å². The summed E-state index contributed by atoms with van der Waals surface area (Å²) in [4.78, 5) is 21.6. The molecule has 2 heterocycles. The maximum Gasteiger partial charge on any atom is 0.223 e. The second-order valence-electron chi connectivity index (χ2n) is 7.04. The molecule has 0 aromatic carbocycles. The molecule has 2 atom stereocenters.